The van der Waals surface area contributed by atoms with Crippen molar-refractivity contribution in [3.05, 3.63) is 17.7 Å². The molecule has 1 heterocycles. The van der Waals surface area contributed by atoms with E-state index in [-0.39, 0.29) is 10.8 Å². The number of halogens is 2. The molecule has 0 fully saturated rings. The topological polar surface area (TPSA) is 24.9 Å². The highest BCUT2D eigenvalue weighted by Crippen LogP contribution is 2.22. The molecular formula is C8H10F2N2S. The standard InChI is InChI=1S/C8H10F2N2S/c1-3-13-8-6(10)4-5(9)7(11-2)12-8/h4H,3H2,1-2H3,(H,11,12). The zero-order chi connectivity index (χ0) is 9.84. The highest BCUT2D eigenvalue weighted by atomic mass is 32.2. The summed E-state index contributed by atoms with van der Waals surface area (Å²) in [6, 6.07) is 0.844. The Balaban J connectivity index is 3.06. The molecule has 0 bridgehead atoms. The minimum atomic E-state index is -0.666. The number of thioether (sulfide) groups is 1. The van der Waals surface area contributed by atoms with E-state index >= 15 is 0 Å². The fourth-order valence-electron chi connectivity index (χ4n) is 0.863. The maximum atomic E-state index is 13.0. The number of nitrogens with zero attached hydrogens (tertiary/aromatic N) is 1. The Labute approximate surface area is 79.7 Å². The molecular weight excluding hydrogens is 194 g/mol. The molecule has 2 nitrogen and oxygen atoms in total. The lowest BCUT2D eigenvalue weighted by Gasteiger charge is -2.04. The molecule has 1 aromatic rings. The van der Waals surface area contributed by atoms with Gasteiger partial charge in [0.2, 0.25) is 0 Å². The molecule has 72 valence electrons. The summed E-state index contributed by atoms with van der Waals surface area (Å²) in [5.74, 6) is -0.486. The monoisotopic (exact) mass is 204 g/mol. The number of aromatic nitrogens is 1. The first kappa shape index (κ1) is 10.2. The summed E-state index contributed by atoms with van der Waals surface area (Å²) < 4.78 is 25.9. The molecule has 5 heteroatoms. The summed E-state index contributed by atoms with van der Waals surface area (Å²) in [4.78, 5) is 3.78. The average molecular weight is 204 g/mol. The van der Waals surface area contributed by atoms with Crippen molar-refractivity contribution >= 4 is 17.6 Å². The van der Waals surface area contributed by atoms with E-state index in [9.17, 15) is 8.78 Å². The van der Waals surface area contributed by atoms with Crippen LogP contribution in [0.3, 0.4) is 0 Å². The van der Waals surface area contributed by atoms with E-state index in [4.69, 9.17) is 0 Å². The predicted molar refractivity (Wildman–Crippen MR) is 50.1 cm³/mol. The fraction of sp³-hybridized carbons (Fsp3) is 0.375. The Morgan fingerprint density at radius 2 is 2.15 bits per heavy atom. The molecule has 0 aromatic carbocycles. The fourth-order valence-corrected chi connectivity index (χ4v) is 1.49. The largest absolute Gasteiger partial charge is 0.371 e. The van der Waals surface area contributed by atoms with Crippen LogP contribution in [0.1, 0.15) is 6.92 Å². The smallest absolute Gasteiger partial charge is 0.168 e. The lowest BCUT2D eigenvalue weighted by Crippen LogP contribution is -1.99. The van der Waals surface area contributed by atoms with Crippen molar-refractivity contribution in [2.24, 2.45) is 0 Å². The van der Waals surface area contributed by atoms with Crippen molar-refractivity contribution in [3.8, 4) is 0 Å². The van der Waals surface area contributed by atoms with Crippen molar-refractivity contribution < 1.29 is 8.78 Å². The molecule has 0 radical (unpaired) electrons. The van der Waals surface area contributed by atoms with Crippen LogP contribution in [0.15, 0.2) is 11.1 Å². The van der Waals surface area contributed by atoms with E-state index in [0.29, 0.717) is 5.75 Å². The van der Waals surface area contributed by atoms with Gasteiger partial charge in [0.1, 0.15) is 5.03 Å². The van der Waals surface area contributed by atoms with Crippen molar-refractivity contribution in [2.75, 3.05) is 18.1 Å². The number of hydrogen-bond acceptors (Lipinski definition) is 3. The van der Waals surface area contributed by atoms with E-state index in [1.54, 1.807) is 7.05 Å². The molecule has 0 aliphatic rings. The van der Waals surface area contributed by atoms with Crippen LogP contribution in [-0.2, 0) is 0 Å². The molecule has 0 saturated carbocycles. The Morgan fingerprint density at radius 3 is 2.69 bits per heavy atom. The van der Waals surface area contributed by atoms with Crippen LogP contribution in [0.5, 0.6) is 0 Å². The number of anilines is 1. The van der Waals surface area contributed by atoms with E-state index in [1.807, 2.05) is 6.92 Å². The molecule has 1 rings (SSSR count). The molecule has 1 aromatic heterocycles. The number of nitrogens with one attached hydrogen (secondary N) is 1. The summed E-state index contributed by atoms with van der Waals surface area (Å²) >= 11 is 1.25. The molecule has 0 aliphatic heterocycles. The molecule has 0 amide bonds. The van der Waals surface area contributed by atoms with Crippen LogP contribution >= 0.6 is 11.8 Å². The average Bonchev–Trinajstić information content (AvgIpc) is 2.10. The second-order valence-electron chi connectivity index (χ2n) is 2.29. The molecule has 0 spiro atoms. The van der Waals surface area contributed by atoms with Gasteiger partial charge in [-0.25, -0.2) is 13.8 Å². The second kappa shape index (κ2) is 4.41. The van der Waals surface area contributed by atoms with Gasteiger partial charge in [-0.15, -0.1) is 11.8 Å². The summed E-state index contributed by atoms with van der Waals surface area (Å²) in [5.41, 5.74) is 0. The zero-order valence-electron chi connectivity index (χ0n) is 7.40. The maximum Gasteiger partial charge on any atom is 0.168 e. The third-order valence-electron chi connectivity index (χ3n) is 1.42. The first-order valence-electron chi connectivity index (χ1n) is 3.85. The maximum absolute atomic E-state index is 13.0. The Kier molecular flexibility index (Phi) is 3.48. The summed E-state index contributed by atoms with van der Waals surface area (Å²) in [6.07, 6.45) is 0. The number of hydrogen-bond donors (Lipinski definition) is 1. The molecule has 1 N–H and O–H groups in total. The molecule has 0 atom stereocenters. The van der Waals surface area contributed by atoms with E-state index in [2.05, 4.69) is 10.3 Å². The SMILES string of the molecule is CCSc1nc(NC)c(F)cc1F. The van der Waals surface area contributed by atoms with Crippen LogP contribution in [0.25, 0.3) is 0 Å². The highest BCUT2D eigenvalue weighted by Gasteiger charge is 2.10. The van der Waals surface area contributed by atoms with E-state index < -0.39 is 11.6 Å². The minimum Gasteiger partial charge on any atom is -0.371 e. The van der Waals surface area contributed by atoms with Gasteiger partial charge in [-0.2, -0.15) is 0 Å². The zero-order valence-corrected chi connectivity index (χ0v) is 8.21. The van der Waals surface area contributed by atoms with Gasteiger partial charge in [0.05, 0.1) is 0 Å². The lowest BCUT2D eigenvalue weighted by atomic mass is 10.4. The van der Waals surface area contributed by atoms with Crippen molar-refractivity contribution in [1.82, 2.24) is 4.98 Å². The van der Waals surface area contributed by atoms with Crippen molar-refractivity contribution in [1.29, 1.82) is 0 Å². The van der Waals surface area contributed by atoms with Gasteiger partial charge in [-0.3, -0.25) is 0 Å². The van der Waals surface area contributed by atoms with Crippen LogP contribution in [0, 0.1) is 11.6 Å². The third kappa shape index (κ3) is 2.30. The highest BCUT2D eigenvalue weighted by molar-refractivity contribution is 7.99. The molecule has 0 unspecified atom stereocenters. The third-order valence-corrected chi connectivity index (χ3v) is 2.26. The first-order chi connectivity index (χ1) is 6.19. The van der Waals surface area contributed by atoms with Gasteiger partial charge < -0.3 is 5.32 Å². The van der Waals surface area contributed by atoms with Gasteiger partial charge in [0, 0.05) is 13.1 Å². The molecule has 0 saturated heterocycles. The lowest BCUT2D eigenvalue weighted by molar-refractivity contribution is 0.552. The second-order valence-corrected chi connectivity index (χ2v) is 3.54. The normalized spacial score (nSPS) is 10.2. The van der Waals surface area contributed by atoms with Crippen LogP contribution in [0.2, 0.25) is 0 Å². The van der Waals surface area contributed by atoms with Crippen LogP contribution < -0.4 is 5.32 Å². The van der Waals surface area contributed by atoms with Crippen LogP contribution in [-0.4, -0.2) is 17.8 Å². The van der Waals surface area contributed by atoms with Gasteiger partial charge in [-0.05, 0) is 5.75 Å². The predicted octanol–water partition coefficient (Wildman–Crippen LogP) is 2.51. The quantitative estimate of drug-likeness (QED) is 0.766. The molecule has 13 heavy (non-hydrogen) atoms. The minimum absolute atomic E-state index is 0.0809. The number of rotatable bonds is 3. The van der Waals surface area contributed by atoms with Gasteiger partial charge in [-0.1, -0.05) is 6.92 Å². The van der Waals surface area contributed by atoms with Gasteiger partial charge >= 0.3 is 0 Å². The Bertz CT molecular complexity index is 304. The Hall–Kier alpha value is -0.840. The van der Waals surface area contributed by atoms with E-state index in [1.165, 1.54) is 11.8 Å². The van der Waals surface area contributed by atoms with Gasteiger partial charge in [0.25, 0.3) is 0 Å². The van der Waals surface area contributed by atoms with E-state index in [0.717, 1.165) is 6.07 Å². The van der Waals surface area contributed by atoms with Gasteiger partial charge in [0.15, 0.2) is 17.5 Å². The summed E-state index contributed by atoms with van der Waals surface area (Å²) in [6.45, 7) is 1.88. The first-order valence-corrected chi connectivity index (χ1v) is 4.84. The van der Waals surface area contributed by atoms with Crippen molar-refractivity contribution in [2.45, 2.75) is 11.9 Å². The summed E-state index contributed by atoms with van der Waals surface area (Å²) in [5, 5.41) is 2.79. The number of pyridine rings is 1. The Morgan fingerprint density at radius 1 is 1.46 bits per heavy atom. The van der Waals surface area contributed by atoms with Crippen LogP contribution in [0.4, 0.5) is 14.6 Å². The van der Waals surface area contributed by atoms with Crippen molar-refractivity contribution in [3.63, 3.8) is 0 Å². The summed E-state index contributed by atoms with van der Waals surface area (Å²) in [7, 11) is 1.55. The molecule has 0 aliphatic carbocycles.